The van der Waals surface area contributed by atoms with Gasteiger partial charge in [-0.05, 0) is 0 Å². The maximum Gasteiger partial charge on any atom is 0.255 e. The first-order valence-corrected chi connectivity index (χ1v) is 3.50. The Labute approximate surface area is 61.4 Å². The number of thiazole rings is 1. The molecule has 10 heavy (non-hydrogen) atoms. The molecule has 0 aliphatic heterocycles. The van der Waals surface area contributed by atoms with Gasteiger partial charge < -0.3 is 4.42 Å². The third-order valence-electron chi connectivity index (χ3n) is 1.01. The van der Waals surface area contributed by atoms with Crippen LogP contribution >= 0.6 is 11.3 Å². The Morgan fingerprint density at radius 2 is 2.50 bits per heavy atom. The van der Waals surface area contributed by atoms with Crippen molar-refractivity contribution in [3.8, 4) is 10.9 Å². The molecule has 2 aromatic rings. The first-order chi connectivity index (χ1) is 4.97. The molecule has 0 bridgehead atoms. The van der Waals surface area contributed by atoms with Crippen LogP contribution < -0.4 is 0 Å². The average Bonchev–Trinajstić information content (AvgIpc) is 2.59. The summed E-state index contributed by atoms with van der Waals surface area (Å²) in [6.07, 6.45) is 4.72. The highest BCUT2D eigenvalue weighted by molar-refractivity contribution is 7.12. The molecule has 0 N–H and O–H groups in total. The van der Waals surface area contributed by atoms with Gasteiger partial charge >= 0.3 is 0 Å². The largest absolute Gasteiger partial charge is 0.443 e. The Kier molecular flexibility index (Phi) is 1.25. The summed E-state index contributed by atoms with van der Waals surface area (Å²) in [5, 5.41) is 3.62. The number of nitrogens with zero attached hydrogens (tertiary/aromatic N) is 2. The predicted octanol–water partition coefficient (Wildman–Crippen LogP) is 1.60. The lowest BCUT2D eigenvalue weighted by molar-refractivity contribution is 0.574. The fourth-order valence-electron chi connectivity index (χ4n) is 0.621. The van der Waals surface area contributed by atoms with Crippen molar-refractivity contribution in [2.24, 2.45) is 0 Å². The maximum atomic E-state index is 4.99. The number of oxazole rings is 1. The minimum absolute atomic E-state index is 0.561. The molecule has 3 nitrogen and oxygen atoms in total. The van der Waals surface area contributed by atoms with Gasteiger partial charge in [0.1, 0.15) is 6.26 Å². The van der Waals surface area contributed by atoms with Crippen LogP contribution in [0.5, 0.6) is 0 Å². The Bertz CT molecular complexity index is 255. The van der Waals surface area contributed by atoms with Crippen molar-refractivity contribution in [3.63, 3.8) is 0 Å². The van der Waals surface area contributed by atoms with E-state index in [1.807, 2.05) is 0 Å². The van der Waals surface area contributed by atoms with Crippen LogP contribution in [0.1, 0.15) is 0 Å². The smallest absolute Gasteiger partial charge is 0.255 e. The topological polar surface area (TPSA) is 38.9 Å². The van der Waals surface area contributed by atoms with Crippen LogP contribution in [-0.4, -0.2) is 9.97 Å². The standard InChI is InChI=1S/C6H3N2OS/c1-3-9-5(7-1)6-8-2-4-10-6/h1-3H. The molecule has 0 spiro atoms. The van der Waals surface area contributed by atoms with Crippen LogP contribution in [0.25, 0.3) is 10.9 Å². The average molecular weight is 151 g/mol. The third kappa shape index (κ3) is 0.823. The summed E-state index contributed by atoms with van der Waals surface area (Å²) in [5.74, 6) is 0.561. The van der Waals surface area contributed by atoms with E-state index in [0.717, 1.165) is 5.01 Å². The second-order valence-corrected chi connectivity index (χ2v) is 2.45. The highest BCUT2D eigenvalue weighted by Crippen LogP contribution is 2.17. The van der Waals surface area contributed by atoms with E-state index in [1.165, 1.54) is 17.6 Å². The van der Waals surface area contributed by atoms with E-state index in [9.17, 15) is 0 Å². The summed E-state index contributed by atoms with van der Waals surface area (Å²) < 4.78 is 4.99. The number of hydrogen-bond donors (Lipinski definition) is 0. The highest BCUT2D eigenvalue weighted by atomic mass is 32.1. The van der Waals surface area contributed by atoms with Crippen molar-refractivity contribution in [1.82, 2.24) is 9.97 Å². The van der Waals surface area contributed by atoms with E-state index < -0.39 is 0 Å². The Morgan fingerprint density at radius 3 is 3.10 bits per heavy atom. The normalized spacial score (nSPS) is 10.0. The van der Waals surface area contributed by atoms with E-state index in [1.54, 1.807) is 12.4 Å². The molecule has 2 aromatic heterocycles. The molecule has 0 unspecified atom stereocenters. The zero-order valence-electron chi connectivity index (χ0n) is 4.94. The summed E-state index contributed by atoms with van der Waals surface area (Å²) in [5.41, 5.74) is 0. The van der Waals surface area contributed by atoms with Crippen molar-refractivity contribution in [3.05, 3.63) is 24.0 Å². The van der Waals surface area contributed by atoms with Gasteiger partial charge in [0.15, 0.2) is 5.01 Å². The lowest BCUT2D eigenvalue weighted by atomic mass is 10.7. The Balaban J connectivity index is 2.48. The molecule has 2 rings (SSSR count). The summed E-state index contributed by atoms with van der Waals surface area (Å²) in [4.78, 5) is 7.89. The number of aromatic nitrogens is 2. The van der Waals surface area contributed by atoms with Gasteiger partial charge in [-0.2, -0.15) is 0 Å². The molecule has 0 fully saturated rings. The monoisotopic (exact) mass is 151 g/mol. The molecule has 0 saturated heterocycles. The lowest BCUT2D eigenvalue weighted by Gasteiger charge is -1.81. The molecule has 0 aliphatic carbocycles. The Morgan fingerprint density at radius 1 is 1.50 bits per heavy atom. The molecular weight excluding hydrogens is 148 g/mol. The predicted molar refractivity (Wildman–Crippen MR) is 36.4 cm³/mol. The van der Waals surface area contributed by atoms with E-state index >= 15 is 0 Å². The van der Waals surface area contributed by atoms with Crippen LogP contribution in [0.3, 0.4) is 0 Å². The molecule has 0 atom stereocenters. The molecular formula is C6H3N2OS. The van der Waals surface area contributed by atoms with Gasteiger partial charge in [0.05, 0.1) is 11.6 Å². The van der Waals surface area contributed by atoms with E-state index in [2.05, 4.69) is 15.3 Å². The van der Waals surface area contributed by atoms with E-state index in [-0.39, 0.29) is 0 Å². The minimum Gasteiger partial charge on any atom is -0.443 e. The third-order valence-corrected chi connectivity index (χ3v) is 1.70. The first-order valence-electron chi connectivity index (χ1n) is 2.68. The van der Waals surface area contributed by atoms with Gasteiger partial charge in [-0.25, -0.2) is 9.97 Å². The van der Waals surface area contributed by atoms with Gasteiger partial charge in [0, 0.05) is 6.20 Å². The SMILES string of the molecule is [c]1cnc(-c2ncco2)s1. The fraction of sp³-hybridized carbons (Fsp3) is 0. The molecule has 0 amide bonds. The summed E-state index contributed by atoms with van der Waals surface area (Å²) in [6.45, 7) is 0. The van der Waals surface area contributed by atoms with Gasteiger partial charge in [0.2, 0.25) is 0 Å². The molecule has 4 heteroatoms. The molecule has 1 radical (unpaired) electrons. The van der Waals surface area contributed by atoms with E-state index in [4.69, 9.17) is 4.42 Å². The summed E-state index contributed by atoms with van der Waals surface area (Å²) in [7, 11) is 0. The van der Waals surface area contributed by atoms with E-state index in [0.29, 0.717) is 5.89 Å². The van der Waals surface area contributed by atoms with Gasteiger partial charge in [-0.1, -0.05) is 0 Å². The second-order valence-electron chi connectivity index (χ2n) is 1.62. The number of rotatable bonds is 1. The van der Waals surface area contributed by atoms with Crippen molar-refractivity contribution >= 4 is 11.3 Å². The zero-order valence-corrected chi connectivity index (χ0v) is 5.76. The van der Waals surface area contributed by atoms with Crippen LogP contribution in [0.15, 0.2) is 23.1 Å². The van der Waals surface area contributed by atoms with Crippen molar-refractivity contribution < 1.29 is 4.42 Å². The van der Waals surface area contributed by atoms with Crippen LogP contribution in [0.2, 0.25) is 0 Å². The lowest BCUT2D eigenvalue weighted by Crippen LogP contribution is -1.70. The zero-order chi connectivity index (χ0) is 6.81. The van der Waals surface area contributed by atoms with Crippen molar-refractivity contribution in [2.75, 3.05) is 0 Å². The van der Waals surface area contributed by atoms with Gasteiger partial charge in [-0.3, -0.25) is 0 Å². The van der Waals surface area contributed by atoms with Crippen molar-refractivity contribution in [2.45, 2.75) is 0 Å². The molecule has 0 aliphatic rings. The van der Waals surface area contributed by atoms with Gasteiger partial charge in [-0.15, -0.1) is 11.3 Å². The molecule has 0 aromatic carbocycles. The molecule has 0 saturated carbocycles. The number of hydrogen-bond acceptors (Lipinski definition) is 4. The van der Waals surface area contributed by atoms with Crippen LogP contribution in [0, 0.1) is 5.38 Å². The second kappa shape index (κ2) is 2.22. The molecule has 49 valence electrons. The summed E-state index contributed by atoms with van der Waals surface area (Å²) >= 11 is 1.39. The quantitative estimate of drug-likeness (QED) is 0.621. The molecule has 2 heterocycles. The van der Waals surface area contributed by atoms with Crippen LogP contribution in [-0.2, 0) is 0 Å². The first kappa shape index (κ1) is 5.61. The van der Waals surface area contributed by atoms with Gasteiger partial charge in [0.25, 0.3) is 5.89 Å². The Hall–Kier alpha value is -1.16. The van der Waals surface area contributed by atoms with Crippen molar-refractivity contribution in [1.29, 1.82) is 0 Å². The summed E-state index contributed by atoms with van der Waals surface area (Å²) in [6, 6.07) is 0. The minimum atomic E-state index is 0.561. The maximum absolute atomic E-state index is 4.99. The highest BCUT2D eigenvalue weighted by Gasteiger charge is 2.02. The van der Waals surface area contributed by atoms with Crippen LogP contribution in [0.4, 0.5) is 0 Å². The fourth-order valence-corrected chi connectivity index (χ4v) is 1.13.